The van der Waals surface area contributed by atoms with Crippen molar-refractivity contribution in [3.63, 3.8) is 0 Å². The van der Waals surface area contributed by atoms with Crippen LogP contribution in [0.15, 0.2) is 30.5 Å². The van der Waals surface area contributed by atoms with Gasteiger partial charge in [0, 0.05) is 18.0 Å². The molecule has 20 heavy (non-hydrogen) atoms. The Hall–Kier alpha value is -2.56. The Balaban J connectivity index is 2.31. The van der Waals surface area contributed by atoms with Crippen molar-refractivity contribution >= 4 is 11.7 Å². The van der Waals surface area contributed by atoms with Crippen LogP contribution in [-0.2, 0) is 4.74 Å². The molecule has 0 bridgehead atoms. The Morgan fingerprint density at radius 2 is 1.95 bits per heavy atom. The maximum atomic E-state index is 11.4. The van der Waals surface area contributed by atoms with Gasteiger partial charge in [0.15, 0.2) is 5.69 Å². The summed E-state index contributed by atoms with van der Waals surface area (Å²) in [6, 6.07) is 6.94. The van der Waals surface area contributed by atoms with E-state index in [1.54, 1.807) is 6.07 Å². The summed E-state index contributed by atoms with van der Waals surface area (Å²) < 4.78 is 10.4. The molecule has 1 heterocycles. The maximum Gasteiger partial charge on any atom is 0.356 e. The number of nitrogens with zero attached hydrogens (tertiary/aromatic N) is 1. The molecule has 0 saturated heterocycles. The standard InChI is InChI=1S/C15H16N2O3/c1-9-7-14(10(2)6-12(9)16)20-11-4-5-17-13(8-11)15(18)19-3/h4-8H,16H2,1-3H3. The number of aryl methyl sites for hydroxylation is 2. The van der Waals surface area contributed by atoms with Gasteiger partial charge in [-0.2, -0.15) is 0 Å². The Kier molecular flexibility index (Phi) is 3.89. The van der Waals surface area contributed by atoms with Crippen molar-refractivity contribution in [2.24, 2.45) is 0 Å². The highest BCUT2D eigenvalue weighted by molar-refractivity contribution is 5.87. The second-order valence-electron chi connectivity index (χ2n) is 4.44. The molecule has 5 heteroatoms. The number of hydrogen-bond donors (Lipinski definition) is 1. The van der Waals surface area contributed by atoms with Crippen LogP contribution in [0, 0.1) is 13.8 Å². The molecule has 5 nitrogen and oxygen atoms in total. The van der Waals surface area contributed by atoms with Crippen molar-refractivity contribution in [2.45, 2.75) is 13.8 Å². The molecule has 0 aliphatic rings. The molecule has 1 aromatic carbocycles. The summed E-state index contributed by atoms with van der Waals surface area (Å²) >= 11 is 0. The molecule has 0 aliphatic heterocycles. The number of esters is 1. The van der Waals surface area contributed by atoms with Gasteiger partial charge in [0.05, 0.1) is 7.11 Å². The van der Waals surface area contributed by atoms with Crippen LogP contribution >= 0.6 is 0 Å². The summed E-state index contributed by atoms with van der Waals surface area (Å²) in [6.07, 6.45) is 1.50. The monoisotopic (exact) mass is 272 g/mol. The summed E-state index contributed by atoms with van der Waals surface area (Å²) in [5.74, 6) is 0.715. The van der Waals surface area contributed by atoms with Crippen LogP contribution in [0.4, 0.5) is 5.69 Å². The predicted molar refractivity (Wildman–Crippen MR) is 76.0 cm³/mol. The van der Waals surface area contributed by atoms with Crippen LogP contribution in [0.25, 0.3) is 0 Å². The Bertz CT molecular complexity index is 654. The summed E-state index contributed by atoms with van der Waals surface area (Å²) in [5.41, 5.74) is 8.62. The molecule has 1 aromatic heterocycles. The van der Waals surface area contributed by atoms with E-state index in [2.05, 4.69) is 9.72 Å². The summed E-state index contributed by atoms with van der Waals surface area (Å²) in [6.45, 7) is 3.82. The highest BCUT2D eigenvalue weighted by Gasteiger charge is 2.10. The third-order valence-electron chi connectivity index (χ3n) is 2.92. The maximum absolute atomic E-state index is 11.4. The molecule has 0 atom stereocenters. The van der Waals surface area contributed by atoms with Crippen molar-refractivity contribution in [3.8, 4) is 11.5 Å². The third-order valence-corrected chi connectivity index (χ3v) is 2.92. The zero-order valence-electron chi connectivity index (χ0n) is 11.6. The summed E-state index contributed by atoms with van der Waals surface area (Å²) in [5, 5.41) is 0. The highest BCUT2D eigenvalue weighted by atomic mass is 16.5. The number of nitrogen functional groups attached to an aromatic ring is 1. The van der Waals surface area contributed by atoms with Gasteiger partial charge in [-0.25, -0.2) is 9.78 Å². The minimum absolute atomic E-state index is 0.204. The first kappa shape index (κ1) is 13.9. The molecule has 2 rings (SSSR count). The van der Waals surface area contributed by atoms with Crippen molar-refractivity contribution in [2.75, 3.05) is 12.8 Å². The third kappa shape index (κ3) is 2.88. The molecule has 2 aromatic rings. The fraction of sp³-hybridized carbons (Fsp3) is 0.200. The van der Waals surface area contributed by atoms with Gasteiger partial charge in [0.2, 0.25) is 0 Å². The Morgan fingerprint density at radius 3 is 2.65 bits per heavy atom. The van der Waals surface area contributed by atoms with Crippen LogP contribution in [-0.4, -0.2) is 18.1 Å². The van der Waals surface area contributed by atoms with E-state index in [1.807, 2.05) is 26.0 Å². The van der Waals surface area contributed by atoms with E-state index in [9.17, 15) is 4.79 Å². The minimum Gasteiger partial charge on any atom is -0.464 e. The van der Waals surface area contributed by atoms with Gasteiger partial charge in [-0.05, 0) is 43.2 Å². The van der Waals surface area contributed by atoms with Gasteiger partial charge in [-0.3, -0.25) is 0 Å². The lowest BCUT2D eigenvalue weighted by Crippen LogP contribution is -2.04. The van der Waals surface area contributed by atoms with E-state index in [1.165, 1.54) is 19.4 Å². The fourth-order valence-electron chi connectivity index (χ4n) is 1.74. The molecule has 0 aliphatic carbocycles. The van der Waals surface area contributed by atoms with Crippen LogP contribution in [0.5, 0.6) is 11.5 Å². The number of aromatic nitrogens is 1. The van der Waals surface area contributed by atoms with Crippen LogP contribution in [0.3, 0.4) is 0 Å². The number of carbonyl (C=O) groups excluding carboxylic acids is 1. The predicted octanol–water partition coefficient (Wildman–Crippen LogP) is 2.86. The van der Waals surface area contributed by atoms with E-state index < -0.39 is 5.97 Å². The number of benzene rings is 1. The van der Waals surface area contributed by atoms with Gasteiger partial charge >= 0.3 is 5.97 Å². The quantitative estimate of drug-likeness (QED) is 0.687. The van der Waals surface area contributed by atoms with Crippen molar-refractivity contribution < 1.29 is 14.3 Å². The van der Waals surface area contributed by atoms with Gasteiger partial charge < -0.3 is 15.2 Å². The lowest BCUT2D eigenvalue weighted by Gasteiger charge is -2.11. The van der Waals surface area contributed by atoms with E-state index in [-0.39, 0.29) is 5.69 Å². The normalized spacial score (nSPS) is 10.2. The first-order valence-electron chi connectivity index (χ1n) is 6.10. The number of methoxy groups -OCH3 is 1. The molecule has 0 fully saturated rings. The second kappa shape index (κ2) is 5.61. The van der Waals surface area contributed by atoms with Gasteiger partial charge in [-0.15, -0.1) is 0 Å². The molecule has 0 radical (unpaired) electrons. The lowest BCUT2D eigenvalue weighted by molar-refractivity contribution is 0.0593. The molecule has 0 saturated carbocycles. The van der Waals surface area contributed by atoms with Crippen molar-refractivity contribution in [3.05, 3.63) is 47.3 Å². The molecule has 2 N–H and O–H groups in total. The molecule has 104 valence electrons. The van der Waals surface area contributed by atoms with Crippen LogP contribution in [0.1, 0.15) is 21.6 Å². The van der Waals surface area contributed by atoms with Gasteiger partial charge in [-0.1, -0.05) is 0 Å². The van der Waals surface area contributed by atoms with Crippen molar-refractivity contribution in [1.29, 1.82) is 0 Å². The Labute approximate surface area is 117 Å². The van der Waals surface area contributed by atoms with Crippen molar-refractivity contribution in [1.82, 2.24) is 4.98 Å². The average Bonchev–Trinajstić information content (AvgIpc) is 2.44. The number of anilines is 1. The first-order valence-corrected chi connectivity index (χ1v) is 6.10. The fourth-order valence-corrected chi connectivity index (χ4v) is 1.74. The van der Waals surface area contributed by atoms with E-state index in [0.717, 1.165) is 16.8 Å². The lowest BCUT2D eigenvalue weighted by atomic mass is 10.1. The number of nitrogens with two attached hydrogens (primary N) is 1. The SMILES string of the molecule is COC(=O)c1cc(Oc2cc(C)c(N)cc2C)ccn1. The zero-order valence-corrected chi connectivity index (χ0v) is 11.6. The topological polar surface area (TPSA) is 74.4 Å². The second-order valence-corrected chi connectivity index (χ2v) is 4.44. The van der Waals surface area contributed by atoms with Crippen LogP contribution < -0.4 is 10.5 Å². The number of ether oxygens (including phenoxy) is 2. The smallest absolute Gasteiger partial charge is 0.356 e. The zero-order chi connectivity index (χ0) is 14.7. The molecular weight excluding hydrogens is 256 g/mol. The largest absolute Gasteiger partial charge is 0.464 e. The molecule has 0 unspecified atom stereocenters. The Morgan fingerprint density at radius 1 is 1.20 bits per heavy atom. The number of hydrogen-bond acceptors (Lipinski definition) is 5. The molecular formula is C15H16N2O3. The van der Waals surface area contributed by atoms with E-state index >= 15 is 0 Å². The molecule has 0 amide bonds. The molecule has 0 spiro atoms. The summed E-state index contributed by atoms with van der Waals surface area (Å²) in [7, 11) is 1.31. The first-order chi connectivity index (χ1) is 9.51. The average molecular weight is 272 g/mol. The number of carbonyl (C=O) groups is 1. The van der Waals surface area contributed by atoms with E-state index in [0.29, 0.717) is 11.5 Å². The van der Waals surface area contributed by atoms with Gasteiger partial charge in [0.1, 0.15) is 11.5 Å². The van der Waals surface area contributed by atoms with E-state index in [4.69, 9.17) is 10.5 Å². The summed E-state index contributed by atoms with van der Waals surface area (Å²) in [4.78, 5) is 15.4. The highest BCUT2D eigenvalue weighted by Crippen LogP contribution is 2.29. The van der Waals surface area contributed by atoms with Crippen LogP contribution in [0.2, 0.25) is 0 Å². The van der Waals surface area contributed by atoms with Gasteiger partial charge in [0.25, 0.3) is 0 Å². The minimum atomic E-state index is -0.499. The number of pyridine rings is 1. The number of rotatable bonds is 3.